The van der Waals surface area contributed by atoms with Crippen molar-refractivity contribution in [1.82, 2.24) is 4.90 Å². The Morgan fingerprint density at radius 2 is 2.24 bits per heavy atom. The Labute approximate surface area is 124 Å². The van der Waals surface area contributed by atoms with Gasteiger partial charge in [-0.2, -0.15) is 0 Å². The molecule has 0 radical (unpaired) electrons. The monoisotopic (exact) mass is 291 g/mol. The molecule has 3 unspecified atom stereocenters. The Kier molecular flexibility index (Phi) is 3.76. The lowest BCUT2D eigenvalue weighted by Crippen LogP contribution is -2.32. The molecule has 2 aliphatic rings. The van der Waals surface area contributed by atoms with E-state index in [1.807, 2.05) is 19.1 Å². The van der Waals surface area contributed by atoms with E-state index in [2.05, 4.69) is 4.90 Å². The zero-order valence-electron chi connectivity index (χ0n) is 12.2. The molecule has 0 spiro atoms. The van der Waals surface area contributed by atoms with Crippen molar-refractivity contribution in [2.45, 2.75) is 44.8 Å². The highest BCUT2D eigenvalue weighted by atomic mass is 16.5. The first-order valence-electron chi connectivity index (χ1n) is 7.54. The number of carboxylic acids is 1. The van der Waals surface area contributed by atoms with E-state index in [0.29, 0.717) is 24.9 Å². The van der Waals surface area contributed by atoms with Crippen LogP contribution in [0.25, 0.3) is 0 Å². The molecule has 2 aliphatic heterocycles. The maximum atomic E-state index is 11.3. The van der Waals surface area contributed by atoms with E-state index in [1.54, 1.807) is 6.07 Å². The number of nitrogens with zero attached hydrogens (tertiary/aromatic N) is 1. The smallest absolute Gasteiger partial charge is 0.308 e. The summed E-state index contributed by atoms with van der Waals surface area (Å²) in [6, 6.07) is 5.92. The van der Waals surface area contributed by atoms with E-state index in [9.17, 15) is 15.0 Å². The molecular formula is C16H21NO4. The minimum atomic E-state index is -0.695. The highest BCUT2D eigenvalue weighted by Crippen LogP contribution is 2.43. The van der Waals surface area contributed by atoms with Crippen molar-refractivity contribution < 1.29 is 19.7 Å². The van der Waals surface area contributed by atoms with Gasteiger partial charge in [-0.25, -0.2) is 0 Å². The fourth-order valence-corrected chi connectivity index (χ4v) is 3.78. The minimum absolute atomic E-state index is 0.0997. The molecule has 5 heteroatoms. The molecule has 0 aromatic heterocycles. The standard InChI is InChI=1S/C16H21NO4/c1-2-21-14-5-3-4-10(15(14)18)9-17-11-6-7-13(17)12(8-11)16(19)20/h3-5,11-13,18H,2,6-9H2,1H3,(H,19,20). The van der Waals surface area contributed by atoms with E-state index in [4.69, 9.17) is 4.74 Å². The van der Waals surface area contributed by atoms with Gasteiger partial charge < -0.3 is 14.9 Å². The molecule has 2 N–H and O–H groups in total. The fourth-order valence-electron chi connectivity index (χ4n) is 3.78. The lowest BCUT2D eigenvalue weighted by Gasteiger charge is -2.23. The molecule has 0 saturated carbocycles. The zero-order valence-corrected chi connectivity index (χ0v) is 12.2. The molecule has 3 atom stereocenters. The molecule has 5 nitrogen and oxygen atoms in total. The zero-order chi connectivity index (χ0) is 15.0. The van der Waals surface area contributed by atoms with Crippen LogP contribution in [0.3, 0.4) is 0 Å². The summed E-state index contributed by atoms with van der Waals surface area (Å²) in [6.45, 7) is 2.98. The number of hydrogen-bond donors (Lipinski definition) is 2. The van der Waals surface area contributed by atoms with Crippen molar-refractivity contribution in [3.05, 3.63) is 23.8 Å². The van der Waals surface area contributed by atoms with Crippen molar-refractivity contribution in [3.63, 3.8) is 0 Å². The summed E-state index contributed by atoms with van der Waals surface area (Å²) in [7, 11) is 0. The normalized spacial score (nSPS) is 28.0. The van der Waals surface area contributed by atoms with Crippen LogP contribution < -0.4 is 4.74 Å². The van der Waals surface area contributed by atoms with Gasteiger partial charge in [0, 0.05) is 24.2 Å². The number of benzene rings is 1. The molecule has 0 aliphatic carbocycles. The molecule has 1 aromatic rings. The maximum absolute atomic E-state index is 11.3. The van der Waals surface area contributed by atoms with E-state index in [-0.39, 0.29) is 17.7 Å². The third kappa shape index (κ3) is 2.46. The molecule has 2 bridgehead atoms. The number of hydrogen-bond acceptors (Lipinski definition) is 4. The molecule has 1 aromatic carbocycles. The van der Waals surface area contributed by atoms with Gasteiger partial charge in [-0.15, -0.1) is 0 Å². The summed E-state index contributed by atoms with van der Waals surface area (Å²) in [4.78, 5) is 13.5. The summed E-state index contributed by atoms with van der Waals surface area (Å²) >= 11 is 0. The number of aliphatic carboxylic acids is 1. The van der Waals surface area contributed by atoms with Crippen molar-refractivity contribution in [2.75, 3.05) is 6.61 Å². The number of carbonyl (C=O) groups is 1. The summed E-state index contributed by atoms with van der Waals surface area (Å²) in [5, 5.41) is 19.6. The predicted octanol–water partition coefficient (Wildman–Crippen LogP) is 2.23. The Morgan fingerprint density at radius 3 is 2.90 bits per heavy atom. The van der Waals surface area contributed by atoms with Crippen LogP contribution in [0.15, 0.2) is 18.2 Å². The van der Waals surface area contributed by atoms with Gasteiger partial charge in [0.2, 0.25) is 0 Å². The molecule has 21 heavy (non-hydrogen) atoms. The number of aromatic hydroxyl groups is 1. The number of phenolic OH excluding ortho intramolecular Hbond substituents is 1. The second kappa shape index (κ2) is 5.56. The summed E-state index contributed by atoms with van der Waals surface area (Å²) in [5.74, 6) is -0.283. The van der Waals surface area contributed by atoms with E-state index in [0.717, 1.165) is 24.8 Å². The number of phenols is 1. The number of rotatable bonds is 5. The van der Waals surface area contributed by atoms with Crippen molar-refractivity contribution in [3.8, 4) is 11.5 Å². The lowest BCUT2D eigenvalue weighted by atomic mass is 9.89. The number of ether oxygens (including phenoxy) is 1. The molecular weight excluding hydrogens is 270 g/mol. The van der Waals surface area contributed by atoms with Crippen molar-refractivity contribution in [2.24, 2.45) is 5.92 Å². The molecule has 2 fully saturated rings. The topological polar surface area (TPSA) is 70.0 Å². The first kappa shape index (κ1) is 14.2. The van der Waals surface area contributed by atoms with Crippen LogP contribution in [0.1, 0.15) is 31.7 Å². The average Bonchev–Trinajstić information content (AvgIpc) is 3.00. The Balaban J connectivity index is 1.79. The average molecular weight is 291 g/mol. The molecule has 2 heterocycles. The van der Waals surface area contributed by atoms with Gasteiger partial charge in [-0.1, -0.05) is 12.1 Å². The highest BCUT2D eigenvalue weighted by Gasteiger charge is 2.49. The maximum Gasteiger partial charge on any atom is 0.308 e. The number of fused-ring (bicyclic) bond motifs is 2. The van der Waals surface area contributed by atoms with Crippen LogP contribution >= 0.6 is 0 Å². The van der Waals surface area contributed by atoms with Gasteiger partial charge >= 0.3 is 5.97 Å². The van der Waals surface area contributed by atoms with E-state index >= 15 is 0 Å². The van der Waals surface area contributed by atoms with Crippen LogP contribution in [0.2, 0.25) is 0 Å². The van der Waals surface area contributed by atoms with E-state index in [1.165, 1.54) is 0 Å². The van der Waals surface area contributed by atoms with Gasteiger partial charge in [0.15, 0.2) is 11.5 Å². The summed E-state index contributed by atoms with van der Waals surface area (Å²) in [6.07, 6.45) is 2.72. The summed E-state index contributed by atoms with van der Waals surface area (Å²) < 4.78 is 5.41. The van der Waals surface area contributed by atoms with Gasteiger partial charge in [0.25, 0.3) is 0 Å². The Bertz CT molecular complexity index is 545. The minimum Gasteiger partial charge on any atom is -0.504 e. The summed E-state index contributed by atoms with van der Waals surface area (Å²) in [5.41, 5.74) is 0.809. The van der Waals surface area contributed by atoms with E-state index < -0.39 is 5.97 Å². The SMILES string of the molecule is CCOc1cccc(CN2C3CCC2C(C(=O)O)C3)c1O. The van der Waals surface area contributed by atoms with Crippen LogP contribution in [-0.4, -0.2) is 39.8 Å². The van der Waals surface area contributed by atoms with Gasteiger partial charge in [0.1, 0.15) is 0 Å². The molecule has 0 amide bonds. The molecule has 3 rings (SSSR count). The van der Waals surface area contributed by atoms with Crippen LogP contribution in [0.5, 0.6) is 11.5 Å². The fraction of sp³-hybridized carbons (Fsp3) is 0.562. The Morgan fingerprint density at radius 1 is 1.43 bits per heavy atom. The molecule has 114 valence electrons. The van der Waals surface area contributed by atoms with Crippen LogP contribution in [0.4, 0.5) is 0 Å². The third-order valence-corrected chi connectivity index (χ3v) is 4.73. The van der Waals surface area contributed by atoms with Gasteiger partial charge in [0.05, 0.1) is 12.5 Å². The second-order valence-corrected chi connectivity index (χ2v) is 5.85. The Hall–Kier alpha value is -1.75. The third-order valence-electron chi connectivity index (χ3n) is 4.73. The van der Waals surface area contributed by atoms with Crippen LogP contribution in [0, 0.1) is 5.92 Å². The predicted molar refractivity (Wildman–Crippen MR) is 77.4 cm³/mol. The van der Waals surface area contributed by atoms with Gasteiger partial charge in [-0.05, 0) is 32.3 Å². The van der Waals surface area contributed by atoms with Gasteiger partial charge in [-0.3, -0.25) is 9.69 Å². The van der Waals surface area contributed by atoms with Crippen molar-refractivity contribution in [1.29, 1.82) is 0 Å². The first-order chi connectivity index (χ1) is 10.1. The molecule has 2 saturated heterocycles. The lowest BCUT2D eigenvalue weighted by molar-refractivity contribution is -0.142. The highest BCUT2D eigenvalue weighted by molar-refractivity contribution is 5.71. The van der Waals surface area contributed by atoms with Crippen LogP contribution in [-0.2, 0) is 11.3 Å². The second-order valence-electron chi connectivity index (χ2n) is 5.85. The largest absolute Gasteiger partial charge is 0.504 e. The number of para-hydroxylation sites is 1. The quantitative estimate of drug-likeness (QED) is 0.870. The first-order valence-corrected chi connectivity index (χ1v) is 7.54. The van der Waals surface area contributed by atoms with Crippen molar-refractivity contribution >= 4 is 5.97 Å². The number of carboxylic acid groups (broad SMARTS) is 1.